The first kappa shape index (κ1) is 17.0. The summed E-state index contributed by atoms with van der Waals surface area (Å²) in [5, 5.41) is 0.647. The first-order chi connectivity index (χ1) is 12.5. The molecule has 2 aliphatic heterocycles. The lowest BCUT2D eigenvalue weighted by molar-refractivity contribution is -0.138. The van der Waals surface area contributed by atoms with Crippen molar-refractivity contribution in [2.45, 2.75) is 18.9 Å². The number of piperazine rings is 1. The van der Waals surface area contributed by atoms with Crippen LogP contribution in [0.15, 0.2) is 29.3 Å². The molecule has 7 nitrogen and oxygen atoms in total. The number of likely N-dealkylation sites (tertiary alicyclic amines) is 1. The predicted octanol–water partition coefficient (Wildman–Crippen LogP) is 0.676. The summed E-state index contributed by atoms with van der Waals surface area (Å²) < 4.78 is 1.50. The van der Waals surface area contributed by atoms with Gasteiger partial charge in [-0.05, 0) is 31.0 Å². The number of carbonyl (C=O) groups excluding carboxylic acids is 1. The van der Waals surface area contributed by atoms with Gasteiger partial charge in [0.1, 0.15) is 0 Å². The lowest BCUT2D eigenvalue weighted by atomic mass is 10.0. The number of likely N-dealkylation sites (N-methyl/N-ethyl adjacent to an activating group) is 1. The molecule has 1 amide bonds. The first-order valence-corrected chi connectivity index (χ1v) is 9.24. The maximum Gasteiger partial charge on any atom is 0.260 e. The van der Waals surface area contributed by atoms with Gasteiger partial charge in [-0.3, -0.25) is 14.5 Å². The van der Waals surface area contributed by atoms with Crippen molar-refractivity contribution in [2.75, 3.05) is 44.7 Å². The molecule has 0 spiro atoms. The fraction of sp³-hybridized carbons (Fsp3) is 0.526. The molecule has 1 atom stereocenters. The molecule has 0 saturated carbocycles. The fourth-order valence-electron chi connectivity index (χ4n) is 4.04. The predicted molar refractivity (Wildman–Crippen MR) is 101 cm³/mol. The van der Waals surface area contributed by atoms with E-state index in [1.807, 2.05) is 30.1 Å². The van der Waals surface area contributed by atoms with Gasteiger partial charge in [-0.1, -0.05) is 0 Å². The summed E-state index contributed by atoms with van der Waals surface area (Å²) in [6.45, 7) is 4.39. The van der Waals surface area contributed by atoms with E-state index in [2.05, 4.69) is 14.8 Å². The number of carbonyl (C=O) groups is 1. The van der Waals surface area contributed by atoms with E-state index in [4.69, 9.17) is 0 Å². The highest BCUT2D eigenvalue weighted by Crippen LogP contribution is 2.23. The molecule has 0 N–H and O–H groups in total. The van der Waals surface area contributed by atoms with E-state index in [-0.39, 0.29) is 17.5 Å². The van der Waals surface area contributed by atoms with Gasteiger partial charge in [0.2, 0.25) is 5.91 Å². The van der Waals surface area contributed by atoms with Crippen LogP contribution in [0.5, 0.6) is 0 Å². The number of nitrogens with zero attached hydrogens (tertiary/aromatic N) is 5. The van der Waals surface area contributed by atoms with Gasteiger partial charge in [0, 0.05) is 52.5 Å². The second-order valence-electron chi connectivity index (χ2n) is 7.30. The van der Waals surface area contributed by atoms with E-state index >= 15 is 0 Å². The zero-order valence-corrected chi connectivity index (χ0v) is 15.4. The normalized spacial score (nSPS) is 22.2. The third kappa shape index (κ3) is 2.96. The number of amides is 1. The average Bonchev–Trinajstić information content (AvgIpc) is 2.67. The Morgan fingerprint density at radius 1 is 1.04 bits per heavy atom. The monoisotopic (exact) mass is 355 g/mol. The van der Waals surface area contributed by atoms with Gasteiger partial charge < -0.3 is 14.4 Å². The Hall–Kier alpha value is -2.41. The Bertz CT molecular complexity index is 885. The lowest BCUT2D eigenvalue weighted by Gasteiger charge is -2.42. The van der Waals surface area contributed by atoms with Crippen molar-refractivity contribution >= 4 is 22.5 Å². The highest BCUT2D eigenvalue weighted by atomic mass is 16.2. The Morgan fingerprint density at radius 2 is 1.81 bits per heavy atom. The van der Waals surface area contributed by atoms with E-state index in [1.165, 1.54) is 4.57 Å². The van der Waals surface area contributed by atoms with Gasteiger partial charge in [-0.2, -0.15) is 0 Å². The van der Waals surface area contributed by atoms with Crippen molar-refractivity contribution in [2.24, 2.45) is 7.05 Å². The zero-order chi connectivity index (χ0) is 18.3. The van der Waals surface area contributed by atoms with Crippen LogP contribution in [-0.4, -0.2) is 71.1 Å². The number of anilines is 1. The number of fused-ring (bicyclic) bond motifs is 1. The second kappa shape index (κ2) is 6.72. The maximum absolute atomic E-state index is 12.4. The van der Waals surface area contributed by atoms with Crippen LogP contribution in [0.1, 0.15) is 12.8 Å². The molecule has 2 aliphatic rings. The Labute approximate surface area is 152 Å². The molecule has 0 radical (unpaired) electrons. The van der Waals surface area contributed by atoms with Gasteiger partial charge in [-0.15, -0.1) is 0 Å². The topological polar surface area (TPSA) is 61.7 Å². The van der Waals surface area contributed by atoms with Gasteiger partial charge in [0.15, 0.2) is 0 Å². The summed E-state index contributed by atoms with van der Waals surface area (Å²) in [6, 6.07) is 5.90. The number of rotatable bonds is 2. The van der Waals surface area contributed by atoms with Gasteiger partial charge >= 0.3 is 0 Å². The molecule has 1 unspecified atom stereocenters. The van der Waals surface area contributed by atoms with E-state index in [1.54, 1.807) is 13.4 Å². The average molecular weight is 355 g/mol. The highest BCUT2D eigenvalue weighted by molar-refractivity contribution is 5.83. The van der Waals surface area contributed by atoms with Crippen molar-refractivity contribution < 1.29 is 4.79 Å². The van der Waals surface area contributed by atoms with Gasteiger partial charge in [0.05, 0.1) is 23.3 Å². The third-order valence-electron chi connectivity index (χ3n) is 5.65. The Balaban J connectivity index is 1.48. The number of hydrogen-bond acceptors (Lipinski definition) is 5. The zero-order valence-electron chi connectivity index (χ0n) is 15.4. The largest absolute Gasteiger partial charge is 0.369 e. The molecule has 4 rings (SSSR count). The van der Waals surface area contributed by atoms with Gasteiger partial charge in [0.25, 0.3) is 5.56 Å². The Morgan fingerprint density at radius 3 is 2.58 bits per heavy atom. The minimum atomic E-state index is -0.0219. The van der Waals surface area contributed by atoms with E-state index in [0.717, 1.165) is 56.8 Å². The molecular weight excluding hydrogens is 330 g/mol. The molecule has 7 heteroatoms. The summed E-state index contributed by atoms with van der Waals surface area (Å²) >= 11 is 0. The van der Waals surface area contributed by atoms with Crippen LogP contribution < -0.4 is 10.5 Å². The lowest BCUT2D eigenvalue weighted by Crippen LogP contribution is -2.57. The second-order valence-corrected chi connectivity index (χ2v) is 7.30. The molecule has 2 aromatic rings. The molecule has 2 saturated heterocycles. The summed E-state index contributed by atoms with van der Waals surface area (Å²) in [6.07, 6.45) is 3.61. The van der Waals surface area contributed by atoms with Crippen LogP contribution in [0, 0.1) is 0 Å². The van der Waals surface area contributed by atoms with Crippen molar-refractivity contribution in [1.29, 1.82) is 0 Å². The van der Waals surface area contributed by atoms with Crippen molar-refractivity contribution in [1.82, 2.24) is 19.4 Å². The number of aryl methyl sites for hydroxylation is 1. The molecule has 26 heavy (non-hydrogen) atoms. The molecule has 2 fully saturated rings. The number of aromatic nitrogens is 2. The molecule has 138 valence electrons. The van der Waals surface area contributed by atoms with Crippen LogP contribution in [0.3, 0.4) is 0 Å². The van der Waals surface area contributed by atoms with Gasteiger partial charge in [-0.25, -0.2) is 4.98 Å². The van der Waals surface area contributed by atoms with Crippen LogP contribution in [0.4, 0.5) is 5.69 Å². The van der Waals surface area contributed by atoms with Crippen LogP contribution in [-0.2, 0) is 11.8 Å². The van der Waals surface area contributed by atoms with Crippen LogP contribution >= 0.6 is 0 Å². The standard InChI is InChI=1S/C19H25N5O2/c1-21-7-3-4-17(19(21)26)24-10-8-23(9-11-24)14-5-6-15-16(12-14)20-13-22(2)18(15)25/h5-6,12-13,17H,3-4,7-11H2,1-2H3. The SMILES string of the molecule is CN1CCCC(N2CCN(c3ccc4c(=O)n(C)cnc4c3)CC2)C1=O. The smallest absolute Gasteiger partial charge is 0.260 e. The minimum Gasteiger partial charge on any atom is -0.369 e. The third-order valence-corrected chi connectivity index (χ3v) is 5.65. The molecule has 3 heterocycles. The van der Waals surface area contributed by atoms with Crippen molar-refractivity contribution in [3.63, 3.8) is 0 Å². The minimum absolute atomic E-state index is 0.0219. The highest BCUT2D eigenvalue weighted by Gasteiger charge is 2.33. The summed E-state index contributed by atoms with van der Waals surface area (Å²) in [7, 11) is 3.61. The van der Waals surface area contributed by atoms with Crippen molar-refractivity contribution in [3.8, 4) is 0 Å². The summed E-state index contributed by atoms with van der Waals surface area (Å²) in [5.74, 6) is 0.260. The molecule has 0 aliphatic carbocycles. The molecule has 1 aromatic carbocycles. The number of piperidine rings is 1. The first-order valence-electron chi connectivity index (χ1n) is 9.24. The summed E-state index contributed by atoms with van der Waals surface area (Å²) in [5.41, 5.74) is 1.80. The molecule has 0 bridgehead atoms. The van der Waals surface area contributed by atoms with E-state index in [9.17, 15) is 9.59 Å². The van der Waals surface area contributed by atoms with E-state index in [0.29, 0.717) is 5.39 Å². The van der Waals surface area contributed by atoms with Crippen LogP contribution in [0.25, 0.3) is 10.9 Å². The number of hydrogen-bond donors (Lipinski definition) is 0. The number of benzene rings is 1. The van der Waals surface area contributed by atoms with Crippen LogP contribution in [0.2, 0.25) is 0 Å². The quantitative estimate of drug-likeness (QED) is 0.793. The Kier molecular flexibility index (Phi) is 4.40. The molecule has 1 aromatic heterocycles. The van der Waals surface area contributed by atoms with E-state index < -0.39 is 0 Å². The summed E-state index contributed by atoms with van der Waals surface area (Å²) in [4.78, 5) is 35.4. The van der Waals surface area contributed by atoms with Crippen molar-refractivity contribution in [3.05, 3.63) is 34.9 Å². The fourth-order valence-corrected chi connectivity index (χ4v) is 4.04. The molecular formula is C19H25N5O2. The maximum atomic E-state index is 12.4.